The Bertz CT molecular complexity index is 690. The van der Waals surface area contributed by atoms with Crippen molar-refractivity contribution >= 4 is 17.3 Å². The van der Waals surface area contributed by atoms with Crippen LogP contribution in [0.2, 0.25) is 0 Å². The molecule has 0 aromatic heterocycles. The Labute approximate surface area is 142 Å². The smallest absolute Gasteiger partial charge is 0.0892 e. The minimum atomic E-state index is 0.160. The van der Waals surface area contributed by atoms with Gasteiger partial charge >= 0.3 is 0 Å². The summed E-state index contributed by atoms with van der Waals surface area (Å²) >= 11 is 1.93. The minimum Gasteiger partial charge on any atom is -0.371 e. The Morgan fingerprint density at radius 1 is 1.09 bits per heavy atom. The normalized spacial score (nSPS) is 23.2. The zero-order chi connectivity index (χ0) is 15.6. The van der Waals surface area contributed by atoms with E-state index in [0.717, 1.165) is 25.4 Å². The van der Waals surface area contributed by atoms with E-state index in [9.17, 15) is 0 Å². The number of nitrogens with zero attached hydrogens (tertiary/aromatic N) is 1. The predicted octanol–water partition coefficient (Wildman–Crippen LogP) is 4.05. The number of ether oxygens (including phenoxy) is 1. The van der Waals surface area contributed by atoms with Gasteiger partial charge in [-0.2, -0.15) is 0 Å². The Hall–Kier alpha value is -1.55. The van der Waals surface area contributed by atoms with Crippen molar-refractivity contribution in [1.29, 1.82) is 0 Å². The van der Waals surface area contributed by atoms with Crippen LogP contribution in [0, 0.1) is 0 Å². The maximum Gasteiger partial charge on any atom is 0.0892 e. The first kappa shape index (κ1) is 15.0. The average molecular weight is 323 g/mol. The molecule has 0 bridgehead atoms. The van der Waals surface area contributed by atoms with Crippen LogP contribution in [0.5, 0.6) is 0 Å². The molecule has 23 heavy (non-hydrogen) atoms. The molecule has 2 nitrogen and oxygen atoms in total. The van der Waals surface area contributed by atoms with Crippen molar-refractivity contribution in [2.24, 2.45) is 0 Å². The van der Waals surface area contributed by atoms with Crippen LogP contribution in [0.15, 0.2) is 59.5 Å². The third kappa shape index (κ3) is 3.09. The molecule has 0 spiro atoms. The third-order valence-electron chi connectivity index (χ3n) is 4.52. The second-order valence-corrected chi connectivity index (χ2v) is 7.21. The van der Waals surface area contributed by atoms with Gasteiger partial charge in [-0.25, -0.2) is 0 Å². The van der Waals surface area contributed by atoms with Crippen molar-refractivity contribution in [3.63, 3.8) is 0 Å². The quantitative estimate of drug-likeness (QED) is 0.785. The van der Waals surface area contributed by atoms with Crippen molar-refractivity contribution in [3.8, 4) is 0 Å². The zero-order valence-corrected chi connectivity index (χ0v) is 14.2. The fourth-order valence-corrected chi connectivity index (χ4v) is 4.37. The van der Waals surface area contributed by atoms with E-state index in [1.807, 2.05) is 11.8 Å². The summed E-state index contributed by atoms with van der Waals surface area (Å²) < 4.78 is 6.00. The molecular formula is C20H21NOS. The molecule has 1 fully saturated rings. The summed E-state index contributed by atoms with van der Waals surface area (Å²) in [6.07, 6.45) is 2.49. The Morgan fingerprint density at radius 2 is 1.87 bits per heavy atom. The summed E-state index contributed by atoms with van der Waals surface area (Å²) in [5.74, 6) is 1.02. The fraction of sp³-hybridized carbons (Fsp3) is 0.300. The first-order valence-electron chi connectivity index (χ1n) is 8.14. The molecule has 2 aliphatic heterocycles. The monoisotopic (exact) mass is 323 g/mol. The van der Waals surface area contributed by atoms with Crippen molar-refractivity contribution < 1.29 is 4.74 Å². The van der Waals surface area contributed by atoms with E-state index in [1.165, 1.54) is 27.2 Å². The van der Waals surface area contributed by atoms with Crippen LogP contribution in [0.1, 0.15) is 16.7 Å². The van der Waals surface area contributed by atoms with Gasteiger partial charge in [0.1, 0.15) is 0 Å². The summed E-state index contributed by atoms with van der Waals surface area (Å²) in [5.41, 5.74) is 5.41. The molecule has 2 aromatic carbocycles. The maximum absolute atomic E-state index is 6.00. The van der Waals surface area contributed by atoms with Gasteiger partial charge in [-0.05, 0) is 41.5 Å². The summed E-state index contributed by atoms with van der Waals surface area (Å²) in [7, 11) is 2.17. The molecule has 1 unspecified atom stereocenters. The number of morpholine rings is 1. The number of rotatable bonds is 1. The molecule has 2 aliphatic rings. The summed E-state index contributed by atoms with van der Waals surface area (Å²) in [5, 5.41) is 0. The molecule has 2 aromatic rings. The van der Waals surface area contributed by atoms with E-state index in [0.29, 0.717) is 0 Å². The zero-order valence-electron chi connectivity index (χ0n) is 13.4. The molecule has 0 amide bonds. The van der Waals surface area contributed by atoms with Gasteiger partial charge in [0.2, 0.25) is 0 Å². The van der Waals surface area contributed by atoms with E-state index in [2.05, 4.69) is 66.6 Å². The number of benzene rings is 2. The molecule has 1 saturated heterocycles. The first-order chi connectivity index (χ1) is 11.3. The Balaban J connectivity index is 1.83. The molecule has 1 atom stereocenters. The molecule has 0 aliphatic carbocycles. The van der Waals surface area contributed by atoms with E-state index in [-0.39, 0.29) is 6.10 Å². The molecule has 3 heteroatoms. The number of thioether (sulfide) groups is 1. The second kappa shape index (κ2) is 6.52. The highest BCUT2D eigenvalue weighted by molar-refractivity contribution is 7.98. The molecular weight excluding hydrogens is 302 g/mol. The number of likely N-dealkylation sites (N-methyl/N-ethyl adjacent to an activating group) is 1. The van der Waals surface area contributed by atoms with Gasteiger partial charge in [0.15, 0.2) is 0 Å². The Morgan fingerprint density at radius 3 is 2.74 bits per heavy atom. The molecule has 2 heterocycles. The van der Waals surface area contributed by atoms with Crippen molar-refractivity contribution in [1.82, 2.24) is 4.90 Å². The lowest BCUT2D eigenvalue weighted by Gasteiger charge is -2.29. The average Bonchev–Trinajstić information content (AvgIpc) is 2.73. The molecule has 0 N–H and O–H groups in total. The highest BCUT2D eigenvalue weighted by atomic mass is 32.2. The topological polar surface area (TPSA) is 12.5 Å². The van der Waals surface area contributed by atoms with Gasteiger partial charge in [-0.3, -0.25) is 0 Å². The van der Waals surface area contributed by atoms with E-state index >= 15 is 0 Å². The van der Waals surface area contributed by atoms with Crippen LogP contribution < -0.4 is 0 Å². The molecule has 0 saturated carbocycles. The van der Waals surface area contributed by atoms with Crippen LogP contribution in [0.25, 0.3) is 5.57 Å². The van der Waals surface area contributed by atoms with Crippen LogP contribution >= 0.6 is 11.8 Å². The lowest BCUT2D eigenvalue weighted by molar-refractivity contribution is 0.00724. The third-order valence-corrected chi connectivity index (χ3v) is 5.64. The van der Waals surface area contributed by atoms with Gasteiger partial charge in [0.25, 0.3) is 0 Å². The maximum atomic E-state index is 6.00. The summed E-state index contributed by atoms with van der Waals surface area (Å²) in [6, 6.07) is 17.5. The highest BCUT2D eigenvalue weighted by Crippen LogP contribution is 2.40. The van der Waals surface area contributed by atoms with E-state index < -0.39 is 0 Å². The molecule has 118 valence electrons. The molecule has 0 radical (unpaired) electrons. The summed E-state index contributed by atoms with van der Waals surface area (Å²) in [4.78, 5) is 3.70. The van der Waals surface area contributed by atoms with Crippen LogP contribution in [0.3, 0.4) is 0 Å². The van der Waals surface area contributed by atoms with Crippen LogP contribution in [-0.4, -0.2) is 37.7 Å². The van der Waals surface area contributed by atoms with Gasteiger partial charge < -0.3 is 9.64 Å². The van der Waals surface area contributed by atoms with Crippen molar-refractivity contribution in [3.05, 3.63) is 71.3 Å². The Kier molecular flexibility index (Phi) is 4.25. The number of hydrogen-bond donors (Lipinski definition) is 0. The first-order valence-corrected chi connectivity index (χ1v) is 9.12. The lowest BCUT2D eigenvalue weighted by Crippen LogP contribution is -2.39. The fourth-order valence-electron chi connectivity index (χ4n) is 3.30. The van der Waals surface area contributed by atoms with Gasteiger partial charge in [-0.15, -0.1) is 11.8 Å². The van der Waals surface area contributed by atoms with Crippen LogP contribution in [-0.2, 0) is 10.5 Å². The largest absolute Gasteiger partial charge is 0.371 e. The van der Waals surface area contributed by atoms with Gasteiger partial charge in [-0.1, -0.05) is 42.5 Å². The van der Waals surface area contributed by atoms with E-state index in [4.69, 9.17) is 4.74 Å². The van der Waals surface area contributed by atoms with Crippen LogP contribution in [0.4, 0.5) is 0 Å². The SMILES string of the molecule is CN1CCOC(C=C2c3ccccc3CSc3ccccc32)C1. The number of hydrogen-bond acceptors (Lipinski definition) is 3. The van der Waals surface area contributed by atoms with Crippen molar-refractivity contribution in [2.45, 2.75) is 16.8 Å². The van der Waals surface area contributed by atoms with Crippen molar-refractivity contribution in [2.75, 3.05) is 26.7 Å². The van der Waals surface area contributed by atoms with Gasteiger partial charge in [0, 0.05) is 23.7 Å². The summed E-state index contributed by atoms with van der Waals surface area (Å²) in [6.45, 7) is 2.78. The van der Waals surface area contributed by atoms with E-state index in [1.54, 1.807) is 0 Å². The minimum absolute atomic E-state index is 0.160. The molecule has 4 rings (SSSR count). The highest BCUT2D eigenvalue weighted by Gasteiger charge is 2.21. The van der Waals surface area contributed by atoms with Gasteiger partial charge in [0.05, 0.1) is 12.7 Å². The standard InChI is InChI=1S/C20H21NOS/c1-21-10-11-22-16(13-21)12-19-17-7-3-2-6-15(17)14-23-20-9-5-4-8-18(19)20/h2-9,12,16H,10-11,13-14H2,1H3. The second-order valence-electron chi connectivity index (χ2n) is 6.19. The lowest BCUT2D eigenvalue weighted by atomic mass is 9.93. The number of fused-ring (bicyclic) bond motifs is 2. The predicted molar refractivity (Wildman–Crippen MR) is 96.8 cm³/mol.